The molecule has 0 spiro atoms. The zero-order valence-corrected chi connectivity index (χ0v) is 19.7. The van der Waals surface area contributed by atoms with Crippen molar-refractivity contribution in [2.45, 2.75) is 52.1 Å². The monoisotopic (exact) mass is 484 g/mol. The summed E-state index contributed by atoms with van der Waals surface area (Å²) in [6, 6.07) is 10.4. The zero-order valence-electron chi connectivity index (χ0n) is 19.7. The molecule has 3 unspecified atom stereocenters. The maximum Gasteiger partial charge on any atom is 0.433 e. The summed E-state index contributed by atoms with van der Waals surface area (Å²) in [5, 5.41) is 12.5. The molecule has 3 atom stereocenters. The fourth-order valence-electron chi connectivity index (χ4n) is 4.66. The first-order valence-corrected chi connectivity index (χ1v) is 11.4. The van der Waals surface area contributed by atoms with Crippen LogP contribution in [0, 0.1) is 18.3 Å². The third kappa shape index (κ3) is 5.28. The number of aliphatic carboxylic acids is 1. The summed E-state index contributed by atoms with van der Waals surface area (Å²) >= 11 is 0. The number of carbonyl (C=O) groups is 1. The van der Waals surface area contributed by atoms with Crippen LogP contribution in [0.3, 0.4) is 0 Å². The Labute approximate surface area is 201 Å². The molecule has 0 saturated heterocycles. The first-order chi connectivity index (χ1) is 16.5. The van der Waals surface area contributed by atoms with Crippen molar-refractivity contribution < 1.29 is 23.1 Å². The smallest absolute Gasteiger partial charge is 0.433 e. The first kappa shape index (κ1) is 24.6. The molecule has 1 aliphatic carbocycles. The Morgan fingerprint density at radius 3 is 2.54 bits per heavy atom. The van der Waals surface area contributed by atoms with E-state index in [0.717, 1.165) is 47.5 Å². The van der Waals surface area contributed by atoms with Crippen molar-refractivity contribution in [2.75, 3.05) is 5.32 Å². The van der Waals surface area contributed by atoms with E-state index >= 15 is 0 Å². The first-order valence-electron chi connectivity index (χ1n) is 11.4. The van der Waals surface area contributed by atoms with Gasteiger partial charge in [0, 0.05) is 35.3 Å². The van der Waals surface area contributed by atoms with Crippen LogP contribution in [0.5, 0.6) is 0 Å². The number of benzene rings is 1. The molecule has 1 aliphatic rings. The molecule has 4 rings (SSSR count). The van der Waals surface area contributed by atoms with Crippen molar-refractivity contribution >= 4 is 17.6 Å². The largest absolute Gasteiger partial charge is 0.481 e. The molecule has 1 fully saturated rings. The fourth-order valence-corrected chi connectivity index (χ4v) is 4.66. The number of carboxylic acid groups (broad SMARTS) is 1. The number of hydrogen-bond donors (Lipinski definition) is 2. The minimum Gasteiger partial charge on any atom is -0.481 e. The minimum atomic E-state index is -4.55. The van der Waals surface area contributed by atoms with Gasteiger partial charge in [-0.25, -0.2) is 9.97 Å². The SMILES string of the molecule is Cc1cc(Nc2nccc(C(F)(F)F)n2)cc(-c2ccc(C3CCC(C)(C(=O)O)C(C)C3)nc2)c1. The highest BCUT2D eigenvalue weighted by Crippen LogP contribution is 2.46. The predicted octanol–water partition coefficient (Wildman–Crippen LogP) is 6.60. The summed E-state index contributed by atoms with van der Waals surface area (Å²) in [7, 11) is 0. The van der Waals surface area contributed by atoms with Gasteiger partial charge < -0.3 is 10.4 Å². The van der Waals surface area contributed by atoms with E-state index in [-0.39, 0.29) is 17.8 Å². The third-order valence-corrected chi connectivity index (χ3v) is 7.04. The van der Waals surface area contributed by atoms with E-state index in [4.69, 9.17) is 0 Å². The van der Waals surface area contributed by atoms with Crippen LogP contribution in [0.1, 0.15) is 56.0 Å². The summed E-state index contributed by atoms with van der Waals surface area (Å²) < 4.78 is 38.9. The molecule has 0 amide bonds. The average molecular weight is 485 g/mol. The van der Waals surface area contributed by atoms with Crippen molar-refractivity contribution in [3.8, 4) is 11.1 Å². The molecule has 1 saturated carbocycles. The Kier molecular flexibility index (Phi) is 6.53. The van der Waals surface area contributed by atoms with Gasteiger partial charge in [0.05, 0.1) is 5.41 Å². The maximum atomic E-state index is 13.0. The molecule has 2 aromatic heterocycles. The molecule has 1 aromatic carbocycles. The average Bonchev–Trinajstić information content (AvgIpc) is 2.80. The van der Waals surface area contributed by atoms with Gasteiger partial charge in [0.2, 0.25) is 5.95 Å². The molecule has 9 heteroatoms. The number of aryl methyl sites for hydroxylation is 1. The molecular formula is C26H27F3N4O2. The van der Waals surface area contributed by atoms with Gasteiger partial charge in [-0.15, -0.1) is 0 Å². The number of anilines is 2. The second-order valence-electron chi connectivity index (χ2n) is 9.54. The lowest BCUT2D eigenvalue weighted by atomic mass is 9.64. The van der Waals surface area contributed by atoms with E-state index in [9.17, 15) is 23.1 Å². The molecule has 35 heavy (non-hydrogen) atoms. The predicted molar refractivity (Wildman–Crippen MR) is 126 cm³/mol. The molecule has 184 valence electrons. The Hall–Kier alpha value is -3.49. The molecular weight excluding hydrogens is 457 g/mol. The van der Waals surface area contributed by atoms with Gasteiger partial charge in [-0.2, -0.15) is 13.2 Å². The van der Waals surface area contributed by atoms with Crippen LogP contribution in [0.25, 0.3) is 11.1 Å². The van der Waals surface area contributed by atoms with Gasteiger partial charge >= 0.3 is 12.1 Å². The van der Waals surface area contributed by atoms with Crippen LogP contribution in [0.4, 0.5) is 24.8 Å². The van der Waals surface area contributed by atoms with E-state index in [1.165, 1.54) is 0 Å². The summed E-state index contributed by atoms with van der Waals surface area (Å²) in [5.74, 6) is -0.626. The summed E-state index contributed by atoms with van der Waals surface area (Å²) in [6.07, 6.45) is 0.460. The lowest BCUT2D eigenvalue weighted by molar-refractivity contribution is -0.153. The van der Waals surface area contributed by atoms with Gasteiger partial charge in [0.25, 0.3) is 0 Å². The Morgan fingerprint density at radius 1 is 1.14 bits per heavy atom. The summed E-state index contributed by atoms with van der Waals surface area (Å²) in [5.41, 5.74) is 2.43. The number of aromatic nitrogens is 3. The fraction of sp³-hybridized carbons (Fsp3) is 0.385. The zero-order chi connectivity index (χ0) is 25.4. The molecule has 0 aliphatic heterocycles. The van der Waals surface area contributed by atoms with E-state index in [1.54, 1.807) is 12.3 Å². The number of hydrogen-bond acceptors (Lipinski definition) is 5. The van der Waals surface area contributed by atoms with Crippen molar-refractivity contribution in [3.63, 3.8) is 0 Å². The van der Waals surface area contributed by atoms with Crippen LogP contribution in [0.2, 0.25) is 0 Å². The number of halogens is 3. The van der Waals surface area contributed by atoms with Crippen LogP contribution in [0.15, 0.2) is 48.8 Å². The molecule has 2 heterocycles. The summed E-state index contributed by atoms with van der Waals surface area (Å²) in [6.45, 7) is 5.71. The number of nitrogens with zero attached hydrogens (tertiary/aromatic N) is 3. The van der Waals surface area contributed by atoms with E-state index in [0.29, 0.717) is 12.1 Å². The summed E-state index contributed by atoms with van der Waals surface area (Å²) in [4.78, 5) is 23.8. The second-order valence-corrected chi connectivity index (χ2v) is 9.54. The van der Waals surface area contributed by atoms with Crippen LogP contribution >= 0.6 is 0 Å². The number of alkyl halides is 3. The molecule has 2 N–H and O–H groups in total. The Balaban J connectivity index is 1.52. The van der Waals surface area contributed by atoms with Gasteiger partial charge in [0.15, 0.2) is 0 Å². The highest BCUT2D eigenvalue weighted by Gasteiger charge is 2.43. The number of nitrogens with one attached hydrogen (secondary N) is 1. The number of pyridine rings is 1. The van der Waals surface area contributed by atoms with Crippen LogP contribution in [-0.4, -0.2) is 26.0 Å². The van der Waals surface area contributed by atoms with Crippen molar-refractivity contribution in [1.82, 2.24) is 15.0 Å². The number of carboxylic acids is 1. The van der Waals surface area contributed by atoms with Gasteiger partial charge in [-0.3, -0.25) is 9.78 Å². The van der Waals surface area contributed by atoms with Gasteiger partial charge in [-0.05, 0) is 74.4 Å². The van der Waals surface area contributed by atoms with Crippen molar-refractivity contribution in [3.05, 3.63) is 65.7 Å². The normalized spacial score (nSPS) is 22.6. The topological polar surface area (TPSA) is 88.0 Å². The lowest BCUT2D eigenvalue weighted by Gasteiger charge is -2.39. The van der Waals surface area contributed by atoms with Crippen molar-refractivity contribution in [2.24, 2.45) is 11.3 Å². The van der Waals surface area contributed by atoms with Crippen molar-refractivity contribution in [1.29, 1.82) is 0 Å². The van der Waals surface area contributed by atoms with E-state index in [1.807, 2.05) is 45.0 Å². The van der Waals surface area contributed by atoms with Gasteiger partial charge in [0.1, 0.15) is 5.69 Å². The molecule has 0 radical (unpaired) electrons. The van der Waals surface area contributed by atoms with E-state index < -0.39 is 23.3 Å². The van der Waals surface area contributed by atoms with Crippen LogP contribution < -0.4 is 5.32 Å². The Morgan fingerprint density at radius 2 is 1.91 bits per heavy atom. The standard InChI is InChI=1S/C26H27F3N4O2/c1-15-10-19(13-20(11-15)32-24-30-9-7-22(33-24)26(27,28)29)18-4-5-21(31-14-18)17-6-8-25(3,23(34)35)16(2)12-17/h4-5,7,9-11,13-14,16-17H,6,8,12H2,1-3H3,(H,34,35)(H,30,32,33). The lowest BCUT2D eigenvalue weighted by Crippen LogP contribution is -2.39. The van der Waals surface area contributed by atoms with E-state index in [2.05, 4.69) is 20.3 Å². The highest BCUT2D eigenvalue weighted by atomic mass is 19.4. The molecule has 0 bridgehead atoms. The quantitative estimate of drug-likeness (QED) is 0.424. The highest BCUT2D eigenvalue weighted by molar-refractivity contribution is 5.74. The Bertz CT molecular complexity index is 1230. The molecule has 3 aromatic rings. The minimum absolute atomic E-state index is 0.0451. The second kappa shape index (κ2) is 9.28. The maximum absolute atomic E-state index is 13.0. The molecule has 6 nitrogen and oxygen atoms in total. The number of rotatable bonds is 5. The van der Waals surface area contributed by atoms with Gasteiger partial charge in [-0.1, -0.05) is 19.1 Å². The van der Waals surface area contributed by atoms with Crippen LogP contribution in [-0.2, 0) is 11.0 Å². The third-order valence-electron chi connectivity index (χ3n) is 7.04.